The van der Waals surface area contributed by atoms with Crippen LogP contribution < -0.4 is 0 Å². The highest BCUT2D eigenvalue weighted by Crippen LogP contribution is 2.25. The average Bonchev–Trinajstić information content (AvgIpc) is 3.12. The predicted molar refractivity (Wildman–Crippen MR) is 60.0 cm³/mol. The fourth-order valence-electron chi connectivity index (χ4n) is 1.93. The van der Waals surface area contributed by atoms with E-state index >= 15 is 0 Å². The summed E-state index contributed by atoms with van der Waals surface area (Å²) in [5.74, 6) is 0.630. The smallest absolute Gasteiger partial charge is 0.331 e. The van der Waals surface area contributed by atoms with Crippen molar-refractivity contribution in [2.24, 2.45) is 5.92 Å². The monoisotopic (exact) mass is 234 g/mol. The van der Waals surface area contributed by atoms with Gasteiger partial charge in [-0.1, -0.05) is 12.2 Å². The van der Waals surface area contributed by atoms with Crippen molar-refractivity contribution in [2.45, 2.75) is 18.6 Å². The van der Waals surface area contributed by atoms with Gasteiger partial charge in [-0.2, -0.15) is 0 Å². The summed E-state index contributed by atoms with van der Waals surface area (Å²) < 4.78 is 15.9. The third-order valence-corrected chi connectivity index (χ3v) is 3.01. The summed E-state index contributed by atoms with van der Waals surface area (Å²) >= 11 is 0. The van der Waals surface area contributed by atoms with Gasteiger partial charge in [0.15, 0.2) is 0 Å². The second-order valence-corrected chi connectivity index (χ2v) is 4.36. The quantitative estimate of drug-likeness (QED) is 0.544. The number of carbonyl (C=O) groups is 1. The van der Waals surface area contributed by atoms with Crippen LogP contribution in [-0.4, -0.2) is 31.4 Å². The van der Waals surface area contributed by atoms with E-state index in [1.54, 1.807) is 0 Å². The number of epoxide rings is 1. The Morgan fingerprint density at radius 3 is 3.00 bits per heavy atom. The summed E-state index contributed by atoms with van der Waals surface area (Å²) in [6.07, 6.45) is 10.2. The minimum absolute atomic E-state index is 0.145. The van der Waals surface area contributed by atoms with E-state index in [1.165, 1.54) is 6.08 Å². The molecule has 0 radical (unpaired) electrons. The number of hydrogen-bond donors (Lipinski definition) is 0. The third kappa shape index (κ3) is 2.58. The van der Waals surface area contributed by atoms with Crippen LogP contribution in [0.5, 0.6) is 0 Å². The van der Waals surface area contributed by atoms with Gasteiger partial charge in [0.2, 0.25) is 0 Å². The van der Waals surface area contributed by atoms with E-state index in [-0.39, 0.29) is 18.0 Å². The number of allylic oxidation sites excluding steroid dienone is 1. The van der Waals surface area contributed by atoms with Crippen LogP contribution in [0.4, 0.5) is 0 Å². The van der Waals surface area contributed by atoms with E-state index in [0.29, 0.717) is 12.7 Å². The van der Waals surface area contributed by atoms with Crippen molar-refractivity contribution in [1.29, 1.82) is 0 Å². The Bertz CT molecular complexity index is 404. The van der Waals surface area contributed by atoms with Gasteiger partial charge in [-0.15, -0.1) is 0 Å². The highest BCUT2D eigenvalue weighted by Gasteiger charge is 2.26. The van der Waals surface area contributed by atoms with Gasteiger partial charge in [0, 0.05) is 18.4 Å². The van der Waals surface area contributed by atoms with Crippen LogP contribution in [0.1, 0.15) is 6.42 Å². The van der Waals surface area contributed by atoms with Crippen molar-refractivity contribution in [3.63, 3.8) is 0 Å². The van der Waals surface area contributed by atoms with Crippen LogP contribution in [0.3, 0.4) is 0 Å². The van der Waals surface area contributed by atoms with Gasteiger partial charge in [0.25, 0.3) is 0 Å². The Hall–Kier alpha value is -1.55. The number of rotatable bonds is 4. The first kappa shape index (κ1) is 10.6. The predicted octanol–water partition coefficient (Wildman–Crippen LogP) is 1.34. The van der Waals surface area contributed by atoms with E-state index in [9.17, 15) is 4.79 Å². The van der Waals surface area contributed by atoms with Gasteiger partial charge in [-0.05, 0) is 12.2 Å². The van der Waals surface area contributed by atoms with Gasteiger partial charge in [-0.25, -0.2) is 4.79 Å². The maximum Gasteiger partial charge on any atom is 0.331 e. The first-order valence-corrected chi connectivity index (χ1v) is 5.84. The molecule has 17 heavy (non-hydrogen) atoms. The molecule has 3 unspecified atom stereocenters. The first-order chi connectivity index (χ1) is 8.31. The summed E-state index contributed by atoms with van der Waals surface area (Å²) in [7, 11) is 0. The molecule has 2 heterocycles. The maximum atomic E-state index is 11.1. The zero-order chi connectivity index (χ0) is 11.7. The number of hydrogen-bond acceptors (Lipinski definition) is 4. The SMILES string of the molecule is O=C1C=CC2C=CC(OCCC3CO3)=CC2O1. The van der Waals surface area contributed by atoms with Gasteiger partial charge < -0.3 is 14.2 Å². The molecule has 1 saturated heterocycles. The maximum absolute atomic E-state index is 11.1. The minimum Gasteiger partial charge on any atom is -0.494 e. The Morgan fingerprint density at radius 2 is 2.18 bits per heavy atom. The Kier molecular flexibility index (Phi) is 2.73. The van der Waals surface area contributed by atoms with Crippen molar-refractivity contribution in [2.75, 3.05) is 13.2 Å². The number of ether oxygens (including phenoxy) is 3. The molecule has 90 valence electrons. The molecule has 0 spiro atoms. The number of fused-ring (bicyclic) bond motifs is 1. The molecule has 1 aliphatic carbocycles. The van der Waals surface area contributed by atoms with Gasteiger partial charge in [0.05, 0.1) is 19.3 Å². The third-order valence-electron chi connectivity index (χ3n) is 3.01. The van der Waals surface area contributed by atoms with Gasteiger partial charge in [-0.3, -0.25) is 0 Å². The first-order valence-electron chi connectivity index (χ1n) is 5.84. The van der Waals surface area contributed by atoms with Gasteiger partial charge >= 0.3 is 5.97 Å². The lowest BCUT2D eigenvalue weighted by molar-refractivity contribution is -0.143. The standard InChI is InChI=1S/C13H14O4/c14-13-4-2-9-1-3-10(7-12(9)17-13)15-6-5-11-8-16-11/h1-4,7,9,11-12H,5-6,8H2. The zero-order valence-electron chi connectivity index (χ0n) is 9.37. The molecular weight excluding hydrogens is 220 g/mol. The molecule has 3 rings (SSSR count). The molecule has 3 atom stereocenters. The summed E-state index contributed by atoms with van der Waals surface area (Å²) in [6.45, 7) is 1.49. The van der Waals surface area contributed by atoms with Crippen LogP contribution in [0, 0.1) is 5.92 Å². The molecule has 0 N–H and O–H groups in total. The van der Waals surface area contributed by atoms with Crippen molar-refractivity contribution >= 4 is 5.97 Å². The van der Waals surface area contributed by atoms with E-state index in [4.69, 9.17) is 14.2 Å². The number of esters is 1. The lowest BCUT2D eigenvalue weighted by Gasteiger charge is -2.26. The molecule has 2 aliphatic heterocycles. The summed E-state index contributed by atoms with van der Waals surface area (Å²) in [6, 6.07) is 0. The lowest BCUT2D eigenvalue weighted by atomic mass is 9.95. The summed E-state index contributed by atoms with van der Waals surface area (Å²) in [5.41, 5.74) is 0. The van der Waals surface area contributed by atoms with Gasteiger partial charge in [0.1, 0.15) is 11.9 Å². The van der Waals surface area contributed by atoms with Crippen LogP contribution in [0.15, 0.2) is 36.1 Å². The normalized spacial score (nSPS) is 33.8. The fourth-order valence-corrected chi connectivity index (χ4v) is 1.93. The Morgan fingerprint density at radius 1 is 1.35 bits per heavy atom. The summed E-state index contributed by atoms with van der Waals surface area (Å²) in [5, 5.41) is 0. The molecular formula is C13H14O4. The van der Waals surface area contributed by atoms with E-state index in [2.05, 4.69) is 0 Å². The highest BCUT2D eigenvalue weighted by atomic mass is 16.6. The molecule has 4 heteroatoms. The Balaban J connectivity index is 1.57. The second kappa shape index (κ2) is 4.37. The van der Waals surface area contributed by atoms with E-state index in [1.807, 2.05) is 24.3 Å². The minimum atomic E-state index is -0.288. The molecule has 0 saturated carbocycles. The second-order valence-electron chi connectivity index (χ2n) is 4.36. The number of carbonyl (C=O) groups excluding carboxylic acids is 1. The molecule has 4 nitrogen and oxygen atoms in total. The molecule has 0 aromatic heterocycles. The van der Waals surface area contributed by atoms with Crippen molar-refractivity contribution in [3.05, 3.63) is 36.1 Å². The largest absolute Gasteiger partial charge is 0.494 e. The molecule has 0 aromatic rings. The van der Waals surface area contributed by atoms with E-state index in [0.717, 1.165) is 18.8 Å². The van der Waals surface area contributed by atoms with Crippen molar-refractivity contribution in [1.82, 2.24) is 0 Å². The summed E-state index contributed by atoms with van der Waals surface area (Å²) in [4.78, 5) is 11.1. The zero-order valence-corrected chi connectivity index (χ0v) is 9.37. The van der Waals surface area contributed by atoms with Crippen LogP contribution in [0.2, 0.25) is 0 Å². The van der Waals surface area contributed by atoms with Crippen molar-refractivity contribution < 1.29 is 19.0 Å². The van der Waals surface area contributed by atoms with Crippen molar-refractivity contribution in [3.8, 4) is 0 Å². The van der Waals surface area contributed by atoms with Crippen LogP contribution in [0.25, 0.3) is 0 Å². The topological polar surface area (TPSA) is 48.1 Å². The fraction of sp³-hybridized carbons (Fsp3) is 0.462. The molecule has 0 aromatic carbocycles. The average molecular weight is 234 g/mol. The van der Waals surface area contributed by atoms with Crippen LogP contribution in [-0.2, 0) is 19.0 Å². The molecule has 0 bridgehead atoms. The highest BCUT2D eigenvalue weighted by molar-refractivity contribution is 5.83. The molecule has 3 aliphatic rings. The van der Waals surface area contributed by atoms with E-state index < -0.39 is 0 Å². The lowest BCUT2D eigenvalue weighted by Crippen LogP contribution is -2.28. The van der Waals surface area contributed by atoms with Crippen LogP contribution >= 0.6 is 0 Å². The Labute approximate surface area is 99.5 Å². The molecule has 0 amide bonds. The molecule has 1 fully saturated rings.